The Bertz CT molecular complexity index is 288. The average molecular weight is 164 g/mol. The molecule has 0 aromatic carbocycles. The highest BCUT2D eigenvalue weighted by Crippen LogP contribution is 2.00. The van der Waals surface area contributed by atoms with Gasteiger partial charge in [0.25, 0.3) is 5.88 Å². The number of nitrogens with two attached hydrogens (primary N) is 1. The minimum atomic E-state index is -3.97. The number of nitrogens with zero attached hydrogens (tertiary/aromatic N) is 2. The lowest BCUT2D eigenvalue weighted by Gasteiger charge is -1.92. The van der Waals surface area contributed by atoms with Crippen molar-refractivity contribution in [2.75, 3.05) is 0 Å². The number of aromatic amines is 1. The summed E-state index contributed by atoms with van der Waals surface area (Å²) in [7, 11) is -3.97. The lowest BCUT2D eigenvalue weighted by atomic mass is 10.9. The first-order valence-corrected chi connectivity index (χ1v) is 3.64. The Kier molecular flexibility index (Phi) is 1.55. The largest absolute Gasteiger partial charge is 0.381 e. The van der Waals surface area contributed by atoms with Crippen LogP contribution in [0, 0.1) is 0 Å². The third kappa shape index (κ3) is 1.99. The van der Waals surface area contributed by atoms with E-state index in [0.717, 1.165) is 6.20 Å². The molecule has 0 atom stereocenters. The summed E-state index contributed by atoms with van der Waals surface area (Å²) in [6, 6.07) is 0. The highest BCUT2D eigenvalue weighted by molar-refractivity contribution is 7.84. The van der Waals surface area contributed by atoms with Crippen LogP contribution in [-0.4, -0.2) is 23.8 Å². The molecule has 0 radical (unpaired) electrons. The zero-order valence-corrected chi connectivity index (χ0v) is 5.50. The highest BCUT2D eigenvalue weighted by atomic mass is 32.2. The number of hydrogen-bond acceptors (Lipinski definition) is 5. The van der Waals surface area contributed by atoms with Crippen LogP contribution in [0.1, 0.15) is 0 Å². The predicted molar refractivity (Wildman–Crippen MR) is 30.1 cm³/mol. The van der Waals surface area contributed by atoms with E-state index in [1.807, 2.05) is 0 Å². The van der Waals surface area contributed by atoms with Crippen molar-refractivity contribution in [3.63, 3.8) is 0 Å². The van der Waals surface area contributed by atoms with Crippen LogP contribution in [0.4, 0.5) is 0 Å². The summed E-state index contributed by atoms with van der Waals surface area (Å²) in [5.41, 5.74) is 0. The van der Waals surface area contributed by atoms with Gasteiger partial charge in [-0.25, -0.2) is 0 Å². The molecule has 10 heavy (non-hydrogen) atoms. The van der Waals surface area contributed by atoms with Crippen LogP contribution in [-0.2, 0) is 10.3 Å². The van der Waals surface area contributed by atoms with E-state index in [1.165, 1.54) is 0 Å². The highest BCUT2D eigenvalue weighted by Gasteiger charge is 2.05. The maximum absolute atomic E-state index is 10.2. The van der Waals surface area contributed by atoms with Gasteiger partial charge in [-0.1, -0.05) is 10.3 Å². The van der Waals surface area contributed by atoms with E-state index < -0.39 is 10.3 Å². The fourth-order valence-corrected chi connectivity index (χ4v) is 0.670. The van der Waals surface area contributed by atoms with Gasteiger partial charge >= 0.3 is 10.3 Å². The quantitative estimate of drug-likeness (QED) is 0.546. The van der Waals surface area contributed by atoms with Gasteiger partial charge in [0, 0.05) is 0 Å². The third-order valence-electron chi connectivity index (χ3n) is 0.596. The van der Waals surface area contributed by atoms with Gasteiger partial charge in [-0.2, -0.15) is 13.6 Å². The van der Waals surface area contributed by atoms with Gasteiger partial charge in [-0.05, 0) is 0 Å². The van der Waals surface area contributed by atoms with Crippen molar-refractivity contribution < 1.29 is 12.6 Å². The molecule has 0 bridgehead atoms. The van der Waals surface area contributed by atoms with Gasteiger partial charge in [0.15, 0.2) is 0 Å². The molecule has 0 fully saturated rings. The van der Waals surface area contributed by atoms with Crippen molar-refractivity contribution in [1.29, 1.82) is 0 Å². The fraction of sp³-hybridized carbons (Fsp3) is 0. The van der Waals surface area contributed by atoms with E-state index in [-0.39, 0.29) is 5.88 Å². The number of aromatic nitrogens is 3. The Balaban J connectivity index is 2.75. The van der Waals surface area contributed by atoms with E-state index in [1.54, 1.807) is 0 Å². The summed E-state index contributed by atoms with van der Waals surface area (Å²) in [5, 5.41) is 13.1. The molecule has 8 heteroatoms. The van der Waals surface area contributed by atoms with Gasteiger partial charge in [-0.15, -0.1) is 0 Å². The molecule has 7 nitrogen and oxygen atoms in total. The summed E-state index contributed by atoms with van der Waals surface area (Å²) in [6.07, 6.45) is 1.16. The molecule has 1 heterocycles. The summed E-state index contributed by atoms with van der Waals surface area (Å²) >= 11 is 0. The van der Waals surface area contributed by atoms with Crippen molar-refractivity contribution >= 4 is 10.3 Å². The molecule has 0 amide bonds. The van der Waals surface area contributed by atoms with Gasteiger partial charge in [0.2, 0.25) is 0 Å². The van der Waals surface area contributed by atoms with Crippen LogP contribution in [0.25, 0.3) is 0 Å². The number of nitrogens with one attached hydrogen (secondary N) is 1. The fourth-order valence-electron chi connectivity index (χ4n) is 0.351. The molecular weight excluding hydrogens is 160 g/mol. The summed E-state index contributed by atoms with van der Waals surface area (Å²) in [6.45, 7) is 0. The molecule has 0 saturated heterocycles. The van der Waals surface area contributed by atoms with Crippen molar-refractivity contribution in [2.24, 2.45) is 5.14 Å². The van der Waals surface area contributed by atoms with Gasteiger partial charge in [-0.3, -0.25) is 5.10 Å². The van der Waals surface area contributed by atoms with E-state index in [9.17, 15) is 8.42 Å². The lowest BCUT2D eigenvalue weighted by molar-refractivity contribution is 0.477. The van der Waals surface area contributed by atoms with Crippen LogP contribution in [0.5, 0.6) is 5.88 Å². The third-order valence-corrected chi connectivity index (χ3v) is 0.999. The summed E-state index contributed by atoms with van der Waals surface area (Å²) in [5.74, 6) is -0.178. The van der Waals surface area contributed by atoms with E-state index >= 15 is 0 Å². The van der Waals surface area contributed by atoms with Crippen LogP contribution in [0.2, 0.25) is 0 Å². The Morgan fingerprint density at radius 1 is 1.70 bits per heavy atom. The van der Waals surface area contributed by atoms with Crippen LogP contribution in [0.15, 0.2) is 6.20 Å². The Morgan fingerprint density at radius 3 is 2.80 bits per heavy atom. The zero-order chi connectivity index (χ0) is 7.61. The van der Waals surface area contributed by atoms with Crippen LogP contribution < -0.4 is 9.32 Å². The smallest absolute Gasteiger partial charge is 0.347 e. The Hall–Kier alpha value is -1.15. The molecule has 1 aromatic heterocycles. The second-order valence-electron chi connectivity index (χ2n) is 1.39. The Labute approximate surface area is 56.4 Å². The van der Waals surface area contributed by atoms with Crippen molar-refractivity contribution in [3.05, 3.63) is 6.20 Å². The second-order valence-corrected chi connectivity index (χ2v) is 2.54. The minimum absolute atomic E-state index is 0.178. The molecule has 1 rings (SSSR count). The SMILES string of the molecule is NS(=O)(=O)Oc1c[nH]nn1. The summed E-state index contributed by atoms with van der Waals surface area (Å²) < 4.78 is 24.4. The average Bonchev–Trinajstić information content (AvgIpc) is 2.12. The predicted octanol–water partition coefficient (Wildman–Crippen LogP) is -1.61. The van der Waals surface area contributed by atoms with E-state index in [0.29, 0.717) is 0 Å². The van der Waals surface area contributed by atoms with Crippen molar-refractivity contribution in [3.8, 4) is 5.88 Å². The molecule has 0 saturated carbocycles. The maximum atomic E-state index is 10.2. The van der Waals surface area contributed by atoms with Gasteiger partial charge < -0.3 is 4.18 Å². The normalized spacial score (nSPS) is 11.3. The van der Waals surface area contributed by atoms with E-state index in [4.69, 9.17) is 0 Å². The maximum Gasteiger partial charge on any atom is 0.381 e. The molecule has 0 spiro atoms. The molecule has 0 aliphatic carbocycles. The van der Waals surface area contributed by atoms with Crippen LogP contribution >= 0.6 is 0 Å². The van der Waals surface area contributed by atoms with Gasteiger partial charge in [0.05, 0.1) is 6.20 Å². The monoisotopic (exact) mass is 164 g/mol. The molecule has 0 unspecified atom stereocenters. The molecule has 3 N–H and O–H groups in total. The first-order chi connectivity index (χ1) is 4.58. The standard InChI is InChI=1S/C2H4N4O3S/c3-10(7,8)9-2-1-4-6-5-2/h1H,(H2,3,7,8)(H,4,5,6). The van der Waals surface area contributed by atoms with Crippen LogP contribution in [0.3, 0.4) is 0 Å². The van der Waals surface area contributed by atoms with E-state index in [2.05, 4.69) is 24.7 Å². The van der Waals surface area contributed by atoms with Crippen molar-refractivity contribution in [1.82, 2.24) is 15.4 Å². The first kappa shape index (κ1) is 6.96. The number of rotatable bonds is 2. The molecule has 0 aliphatic rings. The summed E-state index contributed by atoms with van der Waals surface area (Å²) in [4.78, 5) is 0. The van der Waals surface area contributed by atoms with Gasteiger partial charge in [0.1, 0.15) is 0 Å². The molecule has 0 aliphatic heterocycles. The molecular formula is C2H4N4O3S. The lowest BCUT2D eigenvalue weighted by Crippen LogP contribution is -2.19. The second kappa shape index (κ2) is 2.23. The molecule has 56 valence electrons. The topological polar surface area (TPSA) is 111 Å². The first-order valence-electron chi connectivity index (χ1n) is 2.16. The Morgan fingerprint density at radius 2 is 2.40 bits per heavy atom. The minimum Gasteiger partial charge on any atom is -0.347 e. The number of H-pyrrole nitrogens is 1. The zero-order valence-electron chi connectivity index (χ0n) is 4.68. The number of hydrogen-bond donors (Lipinski definition) is 2. The molecule has 1 aromatic rings. The van der Waals surface area contributed by atoms with Crippen molar-refractivity contribution in [2.45, 2.75) is 0 Å².